The lowest BCUT2D eigenvalue weighted by molar-refractivity contribution is -0.186. The second-order valence-corrected chi connectivity index (χ2v) is 19.3. The molecule has 49 heavy (non-hydrogen) atoms. The maximum absolute atomic E-state index is 13.1. The lowest BCUT2D eigenvalue weighted by Crippen LogP contribution is -2.60. The number of aliphatic carboxylic acids is 1. The molecule has 2 N–H and O–H groups in total. The number of nitrogens with zero attached hydrogens (tertiary/aromatic N) is 2. The van der Waals surface area contributed by atoms with Gasteiger partial charge < -0.3 is 34.2 Å². The van der Waals surface area contributed by atoms with E-state index in [2.05, 4.69) is 48.5 Å². The maximum Gasteiger partial charge on any atom is 0.410 e. The quantitative estimate of drug-likeness (QED) is 0.351. The van der Waals surface area contributed by atoms with Gasteiger partial charge in [-0.2, -0.15) is 0 Å². The molecule has 13 atom stereocenters. The number of likely N-dealkylation sites (tertiary alicyclic amines) is 2. The Kier molecular flexibility index (Phi) is 7.62. The maximum atomic E-state index is 13.1. The van der Waals surface area contributed by atoms with E-state index in [1.165, 1.54) is 17.7 Å². The van der Waals surface area contributed by atoms with Crippen LogP contribution in [-0.4, -0.2) is 94.9 Å². The third kappa shape index (κ3) is 4.40. The molecule has 8 rings (SSSR count). The predicted octanol–water partition coefficient (Wildman–Crippen LogP) is 6.19. The normalized spacial score (nSPS) is 48.4. The fourth-order valence-electron chi connectivity index (χ4n) is 14.0. The van der Waals surface area contributed by atoms with Gasteiger partial charge in [0, 0.05) is 37.0 Å². The molecule has 0 radical (unpaired) electrons. The number of carbonyl (C=O) groups is 3. The van der Waals surface area contributed by atoms with Gasteiger partial charge in [0.05, 0.1) is 24.2 Å². The molecule has 3 aliphatic heterocycles. The summed E-state index contributed by atoms with van der Waals surface area (Å²) in [7, 11) is 0. The first-order valence-corrected chi connectivity index (χ1v) is 19.5. The van der Waals surface area contributed by atoms with Crippen molar-refractivity contribution in [1.82, 2.24) is 9.80 Å². The molecule has 274 valence electrons. The molecule has 4 unspecified atom stereocenters. The Morgan fingerprint density at radius 2 is 1.57 bits per heavy atom. The monoisotopic (exact) mass is 684 g/mol. The number of hydrogen-bond acceptors (Lipinski definition) is 7. The van der Waals surface area contributed by atoms with Crippen molar-refractivity contribution in [2.24, 2.45) is 62.6 Å². The number of fused-ring (bicyclic) bond motifs is 4. The van der Waals surface area contributed by atoms with E-state index >= 15 is 0 Å². The van der Waals surface area contributed by atoms with Gasteiger partial charge in [0.2, 0.25) is 0 Å². The summed E-state index contributed by atoms with van der Waals surface area (Å²) < 4.78 is 19.3. The second-order valence-electron chi connectivity index (χ2n) is 19.3. The summed E-state index contributed by atoms with van der Waals surface area (Å²) in [5.41, 5.74) is -0.136. The minimum absolute atomic E-state index is 0.0527. The number of aliphatic hydroxyl groups is 1. The number of aliphatic hydroxyl groups excluding tert-OH is 1. The Balaban J connectivity index is 1.01. The highest BCUT2D eigenvalue weighted by atomic mass is 16.6. The molecule has 3 heterocycles. The third-order valence-electron chi connectivity index (χ3n) is 16.9. The summed E-state index contributed by atoms with van der Waals surface area (Å²) in [5.74, 6) is 0.198. The number of carbonyl (C=O) groups excluding carboxylic acids is 2. The largest absolute Gasteiger partial charge is 0.481 e. The van der Waals surface area contributed by atoms with E-state index in [9.17, 15) is 24.6 Å². The zero-order valence-corrected chi connectivity index (χ0v) is 30.8. The van der Waals surface area contributed by atoms with Gasteiger partial charge in [-0.3, -0.25) is 4.79 Å². The molecule has 0 aromatic heterocycles. The summed E-state index contributed by atoms with van der Waals surface area (Å²) in [6.07, 6.45) is 7.09. The minimum Gasteiger partial charge on any atom is -0.481 e. The zero-order chi connectivity index (χ0) is 35.1. The Bertz CT molecular complexity index is 1390. The first-order chi connectivity index (χ1) is 23.0. The summed E-state index contributed by atoms with van der Waals surface area (Å²) >= 11 is 0. The van der Waals surface area contributed by atoms with Crippen LogP contribution in [0.4, 0.5) is 9.59 Å². The lowest BCUT2D eigenvalue weighted by Gasteiger charge is -2.63. The molecule has 5 aliphatic carbocycles. The van der Waals surface area contributed by atoms with Crippen LogP contribution >= 0.6 is 0 Å². The van der Waals surface area contributed by atoms with E-state index in [0.29, 0.717) is 17.8 Å². The predicted molar refractivity (Wildman–Crippen MR) is 180 cm³/mol. The molecular formula is C39H60N2O8. The van der Waals surface area contributed by atoms with Crippen molar-refractivity contribution in [3.8, 4) is 0 Å². The van der Waals surface area contributed by atoms with Gasteiger partial charge in [0.25, 0.3) is 0 Å². The Morgan fingerprint density at radius 1 is 0.898 bits per heavy atom. The molecular weight excluding hydrogens is 624 g/mol. The van der Waals surface area contributed by atoms with Crippen molar-refractivity contribution >= 4 is 18.2 Å². The molecule has 2 spiro atoms. The number of rotatable bonds is 5. The third-order valence-corrected chi connectivity index (χ3v) is 16.9. The topological polar surface area (TPSA) is 126 Å². The van der Waals surface area contributed by atoms with Crippen LogP contribution in [0.2, 0.25) is 0 Å². The molecule has 0 aromatic carbocycles. The summed E-state index contributed by atoms with van der Waals surface area (Å²) in [6, 6.07) is 0. The minimum atomic E-state index is -0.854. The molecule has 5 saturated carbocycles. The van der Waals surface area contributed by atoms with Gasteiger partial charge in [-0.25, -0.2) is 9.59 Å². The molecule has 10 nitrogen and oxygen atoms in total. The van der Waals surface area contributed by atoms with Crippen LogP contribution in [0.3, 0.4) is 0 Å². The van der Waals surface area contributed by atoms with Crippen LogP contribution in [0.25, 0.3) is 0 Å². The van der Waals surface area contributed by atoms with Gasteiger partial charge in [-0.15, -0.1) is 0 Å². The number of amides is 2. The number of ether oxygens (including phenoxy) is 3. The van der Waals surface area contributed by atoms with Crippen LogP contribution in [0, 0.1) is 62.6 Å². The van der Waals surface area contributed by atoms with Crippen molar-refractivity contribution in [3.63, 3.8) is 0 Å². The van der Waals surface area contributed by atoms with Gasteiger partial charge in [-0.05, 0) is 104 Å². The van der Waals surface area contributed by atoms with E-state index < -0.39 is 18.0 Å². The van der Waals surface area contributed by atoms with Crippen LogP contribution in [0.15, 0.2) is 0 Å². The van der Waals surface area contributed by atoms with Crippen LogP contribution in [0.5, 0.6) is 0 Å². The van der Waals surface area contributed by atoms with Gasteiger partial charge in [0.15, 0.2) is 0 Å². The van der Waals surface area contributed by atoms with Gasteiger partial charge >= 0.3 is 18.2 Å². The van der Waals surface area contributed by atoms with Crippen molar-refractivity contribution in [1.29, 1.82) is 0 Å². The van der Waals surface area contributed by atoms with E-state index in [-0.39, 0.29) is 88.6 Å². The zero-order valence-electron chi connectivity index (χ0n) is 30.8. The smallest absolute Gasteiger partial charge is 0.410 e. The summed E-state index contributed by atoms with van der Waals surface area (Å²) in [6.45, 7) is 18.0. The average molecular weight is 685 g/mol. The number of carboxylic acid groups (broad SMARTS) is 1. The molecule has 3 saturated heterocycles. The van der Waals surface area contributed by atoms with Gasteiger partial charge in [-0.1, -0.05) is 48.5 Å². The first kappa shape index (κ1) is 34.0. The molecule has 10 heteroatoms. The highest BCUT2D eigenvalue weighted by Gasteiger charge is 2.84. The van der Waals surface area contributed by atoms with E-state index in [4.69, 9.17) is 14.2 Å². The lowest BCUT2D eigenvalue weighted by atomic mass is 9.41. The number of carboxylic acids is 1. The Morgan fingerprint density at radius 3 is 2.20 bits per heavy atom. The molecule has 8 fully saturated rings. The highest BCUT2D eigenvalue weighted by Crippen LogP contribution is 2.89. The van der Waals surface area contributed by atoms with E-state index in [1.807, 2.05) is 0 Å². The van der Waals surface area contributed by atoms with E-state index in [0.717, 1.165) is 58.0 Å². The van der Waals surface area contributed by atoms with Crippen molar-refractivity contribution in [2.75, 3.05) is 26.2 Å². The van der Waals surface area contributed by atoms with Crippen molar-refractivity contribution < 1.29 is 38.8 Å². The van der Waals surface area contributed by atoms with Crippen LogP contribution < -0.4 is 0 Å². The SMILES string of the molecule is CC(C)[C@@H](OC(=O)N1CCC1)C1C[C@@H](C)[C@H]2C(O1)[C@H](O)[C@@]1(C)C3CC[C@H]4C(C)(C)[C@@H](OC(=O)N5CC(C(=O)O)C5)CCC45C[C@@]35CC[C@]21C. The second kappa shape index (κ2) is 11.0. The average Bonchev–Trinajstić information content (AvgIpc) is 3.60. The Hall–Kier alpha value is -2.07. The fraction of sp³-hybridized carbons (Fsp3) is 0.923. The summed E-state index contributed by atoms with van der Waals surface area (Å²) in [4.78, 5) is 40.6. The van der Waals surface area contributed by atoms with Gasteiger partial charge in [0.1, 0.15) is 12.2 Å². The highest BCUT2D eigenvalue weighted by molar-refractivity contribution is 5.76. The van der Waals surface area contributed by atoms with E-state index in [1.54, 1.807) is 4.90 Å². The number of hydrogen-bond donors (Lipinski definition) is 2. The molecule has 0 bridgehead atoms. The van der Waals surface area contributed by atoms with Crippen molar-refractivity contribution in [2.45, 2.75) is 137 Å². The fourth-order valence-corrected chi connectivity index (χ4v) is 14.0. The summed E-state index contributed by atoms with van der Waals surface area (Å²) in [5, 5.41) is 21.9. The van der Waals surface area contributed by atoms with Crippen LogP contribution in [0.1, 0.15) is 106 Å². The molecule has 0 aromatic rings. The van der Waals surface area contributed by atoms with Crippen LogP contribution in [-0.2, 0) is 19.0 Å². The van der Waals surface area contributed by atoms with Crippen molar-refractivity contribution in [3.05, 3.63) is 0 Å². The standard InChI is InChI=1S/C39H60N2O8/c1-21(2)29(49-33(45)40-15-8-16-40)24-17-22(3)28-30(47-24)31(42)37(7)26-10-9-25-35(4,5)27(48-34(46)41-18-23(19-41)32(43)44)11-12-38(25)20-39(26,38)14-13-36(28,37)6/h21-31,42H,8-20H2,1-7H3,(H,43,44)/t22-,24?,25+,26?,27+,28+,29-,30?,31+,36-,37-,38?,39+/m1/s1. The molecule has 2 amide bonds. The Labute approximate surface area is 291 Å². The first-order valence-electron chi connectivity index (χ1n) is 19.5. The molecule has 8 aliphatic rings.